The zero-order valence-corrected chi connectivity index (χ0v) is 18.8. The minimum atomic E-state index is -5.22. The lowest BCUT2D eigenvalue weighted by Gasteiger charge is -2.17. The molecule has 1 heterocycles. The summed E-state index contributed by atoms with van der Waals surface area (Å²) in [6.07, 6.45) is 0.704. The van der Waals surface area contributed by atoms with Crippen LogP contribution >= 0.6 is 0 Å². The maximum Gasteiger partial charge on any atom is 0.491 e. The van der Waals surface area contributed by atoms with E-state index in [1.165, 1.54) is 12.1 Å². The van der Waals surface area contributed by atoms with E-state index in [1.807, 2.05) is 0 Å². The number of nitrogens with zero attached hydrogens (tertiary/aromatic N) is 1. The van der Waals surface area contributed by atoms with Crippen molar-refractivity contribution in [2.24, 2.45) is 5.92 Å². The van der Waals surface area contributed by atoms with Gasteiger partial charge in [-0.25, -0.2) is 9.78 Å². The van der Waals surface area contributed by atoms with Crippen LogP contribution in [0.25, 0.3) is 0 Å². The number of alkyl halides is 3. The topological polar surface area (TPSA) is 113 Å². The summed E-state index contributed by atoms with van der Waals surface area (Å²) in [5, 5.41) is 5.84. The first-order chi connectivity index (χ1) is 16.7. The molecule has 3 aliphatic rings. The third kappa shape index (κ3) is 5.24. The van der Waals surface area contributed by atoms with Gasteiger partial charge < -0.3 is 10.1 Å². The van der Waals surface area contributed by atoms with Crippen LogP contribution in [0.4, 0.5) is 19.1 Å². The summed E-state index contributed by atoms with van der Waals surface area (Å²) in [5.74, 6) is -3.31. The Bertz CT molecular complexity index is 1220. The Morgan fingerprint density at radius 3 is 2.69 bits per heavy atom. The molecule has 35 heavy (non-hydrogen) atoms. The molecule has 0 radical (unpaired) electrons. The number of aromatic nitrogens is 2. The third-order valence-electron chi connectivity index (χ3n) is 6.70. The smallest absolute Gasteiger partial charge is 0.419 e. The second-order valence-electron chi connectivity index (χ2n) is 9.41. The van der Waals surface area contributed by atoms with E-state index >= 15 is 0 Å². The molecule has 0 bridgehead atoms. The number of carbonyl (C=O) groups excluding carboxylic acids is 2. The molecule has 0 saturated heterocycles. The second-order valence-corrected chi connectivity index (χ2v) is 9.41. The van der Waals surface area contributed by atoms with Gasteiger partial charge in [0.05, 0.1) is 11.3 Å². The average molecular weight is 490 g/mol. The fourth-order valence-corrected chi connectivity index (χ4v) is 4.53. The molecule has 0 spiro atoms. The first-order valence-electron chi connectivity index (χ1n) is 11.8. The number of hydrogen-bond donors (Lipinski definition) is 3. The van der Waals surface area contributed by atoms with Gasteiger partial charge in [-0.15, -0.1) is 0 Å². The Labute approximate surface area is 198 Å². The maximum atomic E-state index is 13.1. The predicted octanol–water partition coefficient (Wildman–Crippen LogP) is 3.22. The van der Waals surface area contributed by atoms with Crippen molar-refractivity contribution < 1.29 is 27.5 Å². The van der Waals surface area contributed by atoms with Gasteiger partial charge in [-0.2, -0.15) is 13.2 Å². The fourth-order valence-electron chi connectivity index (χ4n) is 4.53. The highest BCUT2D eigenvalue weighted by Crippen LogP contribution is 2.46. The van der Waals surface area contributed by atoms with Crippen LogP contribution in [0.2, 0.25) is 0 Å². The molecule has 8 nitrogen and oxygen atoms in total. The first kappa shape index (κ1) is 23.5. The molecule has 11 heteroatoms. The summed E-state index contributed by atoms with van der Waals surface area (Å²) in [6.45, 7) is 0.830. The van der Waals surface area contributed by atoms with Gasteiger partial charge in [0.1, 0.15) is 5.75 Å². The molecule has 5 rings (SSSR count). The summed E-state index contributed by atoms with van der Waals surface area (Å²) in [4.78, 5) is 44.0. The number of nitrogens with one attached hydrogen (secondary N) is 3. The van der Waals surface area contributed by atoms with Crippen LogP contribution in [0, 0.1) is 5.92 Å². The zero-order chi connectivity index (χ0) is 24.7. The number of hydrogen-bond acceptors (Lipinski definition) is 6. The van der Waals surface area contributed by atoms with Gasteiger partial charge in [0.15, 0.2) is 0 Å². The van der Waals surface area contributed by atoms with Crippen LogP contribution in [0.1, 0.15) is 65.2 Å². The van der Waals surface area contributed by atoms with Crippen LogP contribution in [-0.2, 0) is 17.6 Å². The summed E-state index contributed by atoms with van der Waals surface area (Å²) < 4.78 is 43.8. The van der Waals surface area contributed by atoms with Crippen LogP contribution in [-0.4, -0.2) is 40.6 Å². The summed E-state index contributed by atoms with van der Waals surface area (Å²) in [5.41, 5.74) is 0.929. The number of esters is 1. The summed E-state index contributed by atoms with van der Waals surface area (Å²) in [7, 11) is 0. The molecule has 2 aromatic rings. The number of fused-ring (bicyclic) bond motifs is 1. The second kappa shape index (κ2) is 9.10. The molecule has 1 amide bonds. The Morgan fingerprint density at radius 1 is 1.17 bits per heavy atom. The quantitative estimate of drug-likeness (QED) is 0.406. The van der Waals surface area contributed by atoms with E-state index in [4.69, 9.17) is 4.74 Å². The maximum absolute atomic E-state index is 13.1. The van der Waals surface area contributed by atoms with Crippen molar-refractivity contribution in [3.63, 3.8) is 0 Å². The normalized spacial score (nSPS) is 21.2. The molecular formula is C24H25F3N4O4. The minimum absolute atomic E-state index is 0.0379. The number of anilines is 1. The largest absolute Gasteiger partial charge is 0.491 e. The molecule has 2 unspecified atom stereocenters. The number of carbonyl (C=O) groups is 2. The number of aromatic amines is 1. The van der Waals surface area contributed by atoms with Crippen molar-refractivity contribution in [1.82, 2.24) is 15.3 Å². The first-order valence-corrected chi connectivity index (χ1v) is 11.8. The number of benzene rings is 1. The highest BCUT2D eigenvalue weighted by Gasteiger charge is 2.45. The van der Waals surface area contributed by atoms with Gasteiger partial charge in [-0.3, -0.25) is 19.9 Å². The summed E-state index contributed by atoms with van der Waals surface area (Å²) in [6, 6.07) is 4.42. The predicted molar refractivity (Wildman–Crippen MR) is 119 cm³/mol. The number of H-pyrrole nitrogens is 1. The molecule has 2 fully saturated rings. The minimum Gasteiger partial charge on any atom is -0.419 e. The van der Waals surface area contributed by atoms with Gasteiger partial charge in [0.2, 0.25) is 5.95 Å². The Kier molecular flexibility index (Phi) is 6.12. The zero-order valence-electron chi connectivity index (χ0n) is 18.8. The molecule has 0 aliphatic heterocycles. The fraction of sp³-hybridized carbons (Fsp3) is 0.500. The number of amides is 1. The monoisotopic (exact) mass is 490 g/mol. The molecule has 1 aromatic heterocycles. The number of ether oxygens (including phenoxy) is 1. The van der Waals surface area contributed by atoms with Crippen molar-refractivity contribution in [2.75, 3.05) is 11.9 Å². The van der Waals surface area contributed by atoms with E-state index in [9.17, 15) is 27.6 Å². The Hall–Kier alpha value is -3.21. The molecule has 3 aliphatic carbocycles. The highest BCUT2D eigenvalue weighted by atomic mass is 19.4. The van der Waals surface area contributed by atoms with E-state index in [-0.39, 0.29) is 29.0 Å². The third-order valence-corrected chi connectivity index (χ3v) is 6.70. The van der Waals surface area contributed by atoms with E-state index < -0.39 is 23.8 Å². The molecule has 2 saturated carbocycles. The number of para-hydroxylation sites is 1. The Balaban J connectivity index is 1.42. The number of halogens is 3. The molecule has 1 aromatic carbocycles. The van der Waals surface area contributed by atoms with Crippen molar-refractivity contribution in [1.29, 1.82) is 0 Å². The lowest BCUT2D eigenvalue weighted by atomic mass is 9.97. The van der Waals surface area contributed by atoms with Crippen molar-refractivity contribution in [3.05, 3.63) is 50.9 Å². The van der Waals surface area contributed by atoms with E-state index in [1.54, 1.807) is 6.07 Å². The van der Waals surface area contributed by atoms with Crippen LogP contribution in [0.15, 0.2) is 23.0 Å². The van der Waals surface area contributed by atoms with Crippen LogP contribution in [0.5, 0.6) is 5.75 Å². The van der Waals surface area contributed by atoms with Gasteiger partial charge in [-0.1, -0.05) is 12.1 Å². The lowest BCUT2D eigenvalue weighted by Crippen LogP contribution is -2.30. The molecule has 3 N–H and O–H groups in total. The summed E-state index contributed by atoms with van der Waals surface area (Å²) >= 11 is 0. The van der Waals surface area contributed by atoms with Gasteiger partial charge >= 0.3 is 12.1 Å². The van der Waals surface area contributed by atoms with E-state index in [0.717, 1.165) is 32.2 Å². The van der Waals surface area contributed by atoms with Gasteiger partial charge in [-0.05, 0) is 63.5 Å². The molecular weight excluding hydrogens is 465 g/mol. The Morgan fingerprint density at radius 2 is 1.94 bits per heavy atom. The number of rotatable bonds is 7. The van der Waals surface area contributed by atoms with Gasteiger partial charge in [0, 0.05) is 23.1 Å². The van der Waals surface area contributed by atoms with Crippen molar-refractivity contribution >= 4 is 17.8 Å². The van der Waals surface area contributed by atoms with Gasteiger partial charge in [0.25, 0.3) is 11.5 Å². The van der Waals surface area contributed by atoms with Crippen molar-refractivity contribution in [3.8, 4) is 5.75 Å². The highest BCUT2D eigenvalue weighted by molar-refractivity contribution is 6.06. The lowest BCUT2D eigenvalue weighted by molar-refractivity contribution is -0.189. The van der Waals surface area contributed by atoms with Crippen molar-refractivity contribution in [2.45, 2.75) is 63.1 Å². The SMILES string of the molecule is O=C(Nc1nc2c(c(=O)[nH]1)CCCC2)c1cccc(C2CC2NCC2CC2)c1OC(=O)C(F)(F)F. The molecule has 186 valence electrons. The number of aryl methyl sites for hydroxylation is 1. The average Bonchev–Trinajstić information content (AvgIpc) is 3.72. The van der Waals surface area contributed by atoms with Crippen LogP contribution < -0.4 is 20.9 Å². The van der Waals surface area contributed by atoms with Crippen LogP contribution in [0.3, 0.4) is 0 Å². The van der Waals surface area contributed by atoms with E-state index in [2.05, 4.69) is 20.6 Å². The molecule has 2 atom stereocenters. The standard InChI is InChI=1S/C24H25F3N4O4/c25-24(26,27)22(34)35-19-13(16-10-18(16)28-11-12-8-9-12)5-3-6-15(19)21(33)31-23-29-17-7-2-1-4-14(17)20(32)30-23/h3,5-6,12,16,18,28H,1-2,4,7-11H2,(H2,29,30,31,32,33). The van der Waals surface area contributed by atoms with E-state index in [0.29, 0.717) is 42.0 Å².